The molecule has 0 saturated heterocycles. The lowest BCUT2D eigenvalue weighted by Gasteiger charge is -2.26. The molecule has 2 atom stereocenters. The van der Waals surface area contributed by atoms with Crippen LogP contribution in [0.5, 0.6) is 11.5 Å². The average Bonchev–Trinajstić information content (AvgIpc) is 2.82. The first-order valence-corrected chi connectivity index (χ1v) is 10.5. The van der Waals surface area contributed by atoms with E-state index < -0.39 is 0 Å². The fourth-order valence-corrected chi connectivity index (χ4v) is 5.59. The quantitative estimate of drug-likeness (QED) is 0.789. The molecule has 0 aliphatic carbocycles. The molecular formula is C15H24O2P2. The highest BCUT2D eigenvalue weighted by Gasteiger charge is 2.24. The second-order valence-corrected chi connectivity index (χ2v) is 11.1. The van der Waals surface area contributed by atoms with E-state index in [0.29, 0.717) is 18.1 Å². The molecule has 0 bridgehead atoms. The van der Waals surface area contributed by atoms with E-state index in [2.05, 4.69) is 53.2 Å². The van der Waals surface area contributed by atoms with E-state index in [9.17, 15) is 0 Å². The number of rotatable bonds is 4. The van der Waals surface area contributed by atoms with Crippen molar-refractivity contribution in [1.82, 2.24) is 0 Å². The zero-order valence-corrected chi connectivity index (χ0v) is 14.5. The van der Waals surface area contributed by atoms with E-state index in [4.69, 9.17) is 9.47 Å². The van der Waals surface area contributed by atoms with Gasteiger partial charge in [-0.05, 0) is 47.4 Å². The van der Waals surface area contributed by atoms with Crippen LogP contribution in [-0.4, -0.2) is 31.4 Å². The molecule has 1 aliphatic heterocycles. The Morgan fingerprint density at radius 3 is 1.53 bits per heavy atom. The molecule has 106 valence electrons. The molecule has 1 aromatic rings. The van der Waals surface area contributed by atoms with Gasteiger partial charge in [-0.15, -0.1) is 0 Å². The van der Waals surface area contributed by atoms with Crippen molar-refractivity contribution in [1.29, 1.82) is 0 Å². The Hall–Kier alpha value is -0.320. The van der Waals surface area contributed by atoms with Gasteiger partial charge in [0.25, 0.3) is 0 Å². The lowest BCUT2D eigenvalue weighted by molar-refractivity contribution is 0.174. The molecule has 0 saturated carbocycles. The Bertz CT molecular complexity index is 417. The summed E-state index contributed by atoms with van der Waals surface area (Å²) >= 11 is 0. The fourth-order valence-electron chi connectivity index (χ4n) is 2.04. The van der Waals surface area contributed by atoms with Crippen LogP contribution in [0.15, 0.2) is 12.1 Å². The van der Waals surface area contributed by atoms with Crippen molar-refractivity contribution in [3.63, 3.8) is 0 Å². The van der Waals surface area contributed by atoms with Crippen LogP contribution in [0, 0.1) is 0 Å². The molecule has 0 fully saturated rings. The normalized spacial score (nSPS) is 17.1. The summed E-state index contributed by atoms with van der Waals surface area (Å²) in [4.78, 5) is 0. The van der Waals surface area contributed by atoms with Crippen LogP contribution in [-0.2, 0) is 0 Å². The van der Waals surface area contributed by atoms with Gasteiger partial charge in [0, 0.05) is 0 Å². The highest BCUT2D eigenvalue weighted by molar-refractivity contribution is 7.71. The highest BCUT2D eigenvalue weighted by Crippen LogP contribution is 2.45. The maximum absolute atomic E-state index is 5.56. The maximum atomic E-state index is 5.56. The number of hydrogen-bond donors (Lipinski definition) is 0. The van der Waals surface area contributed by atoms with Crippen LogP contribution in [0.2, 0.25) is 0 Å². The minimum absolute atomic E-state index is 0.139. The fraction of sp³-hybridized carbons (Fsp3) is 0.600. The lowest BCUT2D eigenvalue weighted by atomic mass is 10.3. The Balaban J connectivity index is 2.49. The van der Waals surface area contributed by atoms with Crippen LogP contribution >= 0.6 is 15.8 Å². The summed E-state index contributed by atoms with van der Waals surface area (Å²) in [6.07, 6.45) is 0. The van der Waals surface area contributed by atoms with Crippen molar-refractivity contribution < 1.29 is 9.47 Å². The van der Waals surface area contributed by atoms with E-state index in [1.807, 2.05) is 0 Å². The number of benzene rings is 1. The van der Waals surface area contributed by atoms with Crippen molar-refractivity contribution in [2.24, 2.45) is 0 Å². The molecule has 1 aromatic carbocycles. The molecule has 0 aromatic heterocycles. The van der Waals surface area contributed by atoms with Gasteiger partial charge in [0.15, 0.2) is 11.5 Å². The van der Waals surface area contributed by atoms with E-state index in [1.165, 1.54) is 10.6 Å². The summed E-state index contributed by atoms with van der Waals surface area (Å²) in [7, 11) is -0.277. The minimum Gasteiger partial charge on any atom is -0.454 e. The third kappa shape index (κ3) is 3.06. The lowest BCUT2D eigenvalue weighted by Crippen LogP contribution is -2.25. The van der Waals surface area contributed by atoms with Crippen LogP contribution in [0.4, 0.5) is 0 Å². The summed E-state index contributed by atoms with van der Waals surface area (Å²) in [6, 6.07) is 4.48. The van der Waals surface area contributed by atoms with Crippen molar-refractivity contribution in [3.05, 3.63) is 12.1 Å². The van der Waals surface area contributed by atoms with Crippen LogP contribution in [0.3, 0.4) is 0 Å². The van der Waals surface area contributed by atoms with Gasteiger partial charge in [-0.2, -0.15) is 0 Å². The third-order valence-corrected chi connectivity index (χ3v) is 9.31. The van der Waals surface area contributed by atoms with E-state index in [0.717, 1.165) is 11.5 Å². The van der Waals surface area contributed by atoms with Gasteiger partial charge in [0.1, 0.15) is 0 Å². The van der Waals surface area contributed by atoms with Crippen LogP contribution < -0.4 is 20.1 Å². The predicted molar refractivity (Wildman–Crippen MR) is 87.8 cm³/mol. The van der Waals surface area contributed by atoms with E-state index >= 15 is 0 Å². The second kappa shape index (κ2) is 5.98. The Morgan fingerprint density at radius 2 is 1.21 bits per heavy atom. The Labute approximate surface area is 119 Å². The van der Waals surface area contributed by atoms with Gasteiger partial charge in [0.2, 0.25) is 6.79 Å². The first-order chi connectivity index (χ1) is 8.91. The molecule has 0 radical (unpaired) electrons. The van der Waals surface area contributed by atoms with Crippen molar-refractivity contribution in [3.8, 4) is 11.5 Å². The van der Waals surface area contributed by atoms with Gasteiger partial charge in [-0.3, -0.25) is 0 Å². The molecule has 1 heterocycles. The molecule has 0 unspecified atom stereocenters. The molecule has 0 amide bonds. The molecule has 4 heteroatoms. The summed E-state index contributed by atoms with van der Waals surface area (Å²) < 4.78 is 11.1. The zero-order valence-electron chi connectivity index (χ0n) is 12.7. The molecule has 0 N–H and O–H groups in total. The van der Waals surface area contributed by atoms with Gasteiger partial charge >= 0.3 is 0 Å². The van der Waals surface area contributed by atoms with Crippen LogP contribution in [0.1, 0.15) is 27.7 Å². The summed E-state index contributed by atoms with van der Waals surface area (Å²) in [5.74, 6) is 1.86. The van der Waals surface area contributed by atoms with Gasteiger partial charge in [-0.25, -0.2) is 0 Å². The van der Waals surface area contributed by atoms with Crippen molar-refractivity contribution >= 4 is 26.5 Å². The number of fused-ring (bicyclic) bond motifs is 1. The standard InChI is InChI=1S/C15H24O2P2/c1-10(2)18(5)14-7-12-13(17-9-16-12)8-15(14)19(6)11(3)4/h7-8,10-11H,9H2,1-6H3/t18-,19-/m0/s1. The molecule has 0 spiro atoms. The largest absolute Gasteiger partial charge is 0.454 e. The Kier molecular flexibility index (Phi) is 4.75. The van der Waals surface area contributed by atoms with Crippen LogP contribution in [0.25, 0.3) is 0 Å². The topological polar surface area (TPSA) is 18.5 Å². The molecule has 2 nitrogen and oxygen atoms in total. The summed E-state index contributed by atoms with van der Waals surface area (Å²) in [5.41, 5.74) is 1.40. The van der Waals surface area contributed by atoms with Gasteiger partial charge in [0.05, 0.1) is 0 Å². The van der Waals surface area contributed by atoms with Gasteiger partial charge in [-0.1, -0.05) is 43.5 Å². The highest BCUT2D eigenvalue weighted by atomic mass is 31.1. The smallest absolute Gasteiger partial charge is 0.231 e. The number of hydrogen-bond acceptors (Lipinski definition) is 2. The third-order valence-electron chi connectivity index (χ3n) is 3.78. The Morgan fingerprint density at radius 1 is 0.842 bits per heavy atom. The predicted octanol–water partition coefficient (Wildman–Crippen LogP) is 3.71. The zero-order chi connectivity index (χ0) is 14.2. The first kappa shape index (κ1) is 15.1. The summed E-state index contributed by atoms with van der Waals surface area (Å²) in [6.45, 7) is 14.4. The van der Waals surface area contributed by atoms with Crippen molar-refractivity contribution in [2.45, 2.75) is 39.0 Å². The molecule has 19 heavy (non-hydrogen) atoms. The minimum atomic E-state index is -0.139. The monoisotopic (exact) mass is 298 g/mol. The molecule has 1 aliphatic rings. The average molecular weight is 298 g/mol. The van der Waals surface area contributed by atoms with E-state index in [-0.39, 0.29) is 15.8 Å². The SMILES string of the molecule is CC(C)[P@](C)c1cc2c(cc1[P@@](C)C(C)C)OCO2. The van der Waals surface area contributed by atoms with Gasteiger partial charge < -0.3 is 9.47 Å². The van der Waals surface area contributed by atoms with E-state index in [1.54, 1.807) is 0 Å². The van der Waals surface area contributed by atoms with Crippen molar-refractivity contribution in [2.75, 3.05) is 20.1 Å². The second-order valence-electron chi connectivity index (χ2n) is 5.60. The molecular weight excluding hydrogens is 274 g/mol. The number of ether oxygens (including phenoxy) is 2. The summed E-state index contributed by atoms with van der Waals surface area (Å²) in [5, 5.41) is 3.02. The maximum Gasteiger partial charge on any atom is 0.231 e. The first-order valence-electron chi connectivity index (χ1n) is 6.81. The molecule has 2 rings (SSSR count).